The summed E-state index contributed by atoms with van der Waals surface area (Å²) in [5.41, 5.74) is 0.763. The van der Waals surface area contributed by atoms with Gasteiger partial charge in [0.2, 0.25) is 10.0 Å². The molecule has 1 N–H and O–H groups in total. The Balaban J connectivity index is 1.90. The molecule has 1 aliphatic heterocycles. The summed E-state index contributed by atoms with van der Waals surface area (Å²) in [5.74, 6) is -1.51. The van der Waals surface area contributed by atoms with Crippen LogP contribution in [0, 0.1) is 12.7 Å². The Hall–Kier alpha value is -1.96. The van der Waals surface area contributed by atoms with Crippen LogP contribution in [0.25, 0.3) is 0 Å². The lowest BCUT2D eigenvalue weighted by Crippen LogP contribution is -2.32. The van der Waals surface area contributed by atoms with E-state index in [2.05, 4.69) is 5.32 Å². The molecule has 0 aliphatic carbocycles. The average Bonchev–Trinajstić information content (AvgIpc) is 2.95. The molecular formula is C20H22ClFN2O3S. The zero-order valence-electron chi connectivity index (χ0n) is 15.5. The predicted molar refractivity (Wildman–Crippen MR) is 108 cm³/mol. The first-order valence-corrected chi connectivity index (χ1v) is 11.0. The number of sulfonamides is 1. The standard InChI is InChI=1S/C20H22ClFN2O3S/c1-14-17(21)7-6-8-19(14)23-20(25)16-13-15(9-10-18(16)22)28(26,27)24-11-4-2-3-5-12-24/h6-10,13H,2-5,11-12H2,1H3,(H,23,25). The molecule has 1 saturated heterocycles. The third-order valence-electron chi connectivity index (χ3n) is 4.90. The maximum absolute atomic E-state index is 14.3. The summed E-state index contributed by atoms with van der Waals surface area (Å²) in [6.45, 7) is 2.60. The Morgan fingerprint density at radius 3 is 2.46 bits per heavy atom. The van der Waals surface area contributed by atoms with Gasteiger partial charge < -0.3 is 5.32 Å². The smallest absolute Gasteiger partial charge is 0.258 e. The number of hydrogen-bond donors (Lipinski definition) is 1. The maximum Gasteiger partial charge on any atom is 0.258 e. The quantitative estimate of drug-likeness (QED) is 0.779. The largest absolute Gasteiger partial charge is 0.322 e. The fourth-order valence-electron chi connectivity index (χ4n) is 3.20. The second-order valence-electron chi connectivity index (χ2n) is 6.83. The third kappa shape index (κ3) is 4.37. The SMILES string of the molecule is Cc1c(Cl)cccc1NC(=O)c1cc(S(=O)(=O)N2CCCCCC2)ccc1F. The van der Waals surface area contributed by atoms with E-state index in [1.54, 1.807) is 25.1 Å². The summed E-state index contributed by atoms with van der Waals surface area (Å²) in [5, 5.41) is 3.07. The van der Waals surface area contributed by atoms with Crippen LogP contribution in [0.5, 0.6) is 0 Å². The predicted octanol–water partition coefficient (Wildman–Crippen LogP) is 4.60. The van der Waals surface area contributed by atoms with Gasteiger partial charge in [-0.2, -0.15) is 4.31 Å². The van der Waals surface area contributed by atoms with Crippen LogP contribution < -0.4 is 5.32 Å². The molecule has 1 amide bonds. The van der Waals surface area contributed by atoms with Crippen LogP contribution in [0.3, 0.4) is 0 Å². The summed E-state index contributed by atoms with van der Waals surface area (Å²) >= 11 is 6.05. The number of halogens is 2. The molecule has 3 rings (SSSR count). The molecule has 0 unspecified atom stereocenters. The highest BCUT2D eigenvalue weighted by Crippen LogP contribution is 2.25. The lowest BCUT2D eigenvalue weighted by molar-refractivity contribution is 0.102. The van der Waals surface area contributed by atoms with Gasteiger partial charge in [0.25, 0.3) is 5.91 Å². The summed E-state index contributed by atoms with van der Waals surface area (Å²) in [6, 6.07) is 8.32. The molecule has 0 saturated carbocycles. The van der Waals surface area contributed by atoms with E-state index >= 15 is 0 Å². The van der Waals surface area contributed by atoms with Crippen molar-refractivity contribution in [1.82, 2.24) is 4.31 Å². The van der Waals surface area contributed by atoms with Crippen molar-refractivity contribution in [2.45, 2.75) is 37.5 Å². The van der Waals surface area contributed by atoms with E-state index in [0.29, 0.717) is 29.4 Å². The van der Waals surface area contributed by atoms with Gasteiger partial charge in [-0.3, -0.25) is 4.79 Å². The van der Waals surface area contributed by atoms with Crippen LogP contribution in [0.4, 0.5) is 10.1 Å². The van der Waals surface area contributed by atoms with Gasteiger partial charge in [0, 0.05) is 23.8 Å². The van der Waals surface area contributed by atoms with Gasteiger partial charge >= 0.3 is 0 Å². The van der Waals surface area contributed by atoms with E-state index < -0.39 is 21.7 Å². The van der Waals surface area contributed by atoms with Crippen molar-refractivity contribution in [3.8, 4) is 0 Å². The molecule has 0 radical (unpaired) electrons. The van der Waals surface area contributed by atoms with Crippen LogP contribution in [0.2, 0.25) is 5.02 Å². The highest BCUT2D eigenvalue weighted by Gasteiger charge is 2.27. The highest BCUT2D eigenvalue weighted by atomic mass is 35.5. The molecule has 1 aliphatic rings. The highest BCUT2D eigenvalue weighted by molar-refractivity contribution is 7.89. The molecule has 0 spiro atoms. The van der Waals surface area contributed by atoms with Gasteiger partial charge in [0.15, 0.2) is 0 Å². The van der Waals surface area contributed by atoms with Crippen molar-refractivity contribution >= 4 is 33.2 Å². The summed E-state index contributed by atoms with van der Waals surface area (Å²) in [7, 11) is -3.78. The lowest BCUT2D eigenvalue weighted by atomic mass is 10.1. The maximum atomic E-state index is 14.3. The average molecular weight is 425 g/mol. The molecule has 1 fully saturated rings. The Kier molecular flexibility index (Phi) is 6.37. The molecular weight excluding hydrogens is 403 g/mol. The monoisotopic (exact) mass is 424 g/mol. The van der Waals surface area contributed by atoms with Crippen molar-refractivity contribution < 1.29 is 17.6 Å². The van der Waals surface area contributed by atoms with E-state index in [4.69, 9.17) is 11.6 Å². The van der Waals surface area contributed by atoms with Crippen molar-refractivity contribution in [2.24, 2.45) is 0 Å². The molecule has 150 valence electrons. The number of carbonyl (C=O) groups excluding carboxylic acids is 1. The zero-order chi connectivity index (χ0) is 20.3. The van der Waals surface area contributed by atoms with Crippen LogP contribution in [-0.4, -0.2) is 31.7 Å². The Bertz CT molecular complexity index is 987. The normalized spacial score (nSPS) is 15.8. The number of nitrogens with zero attached hydrogens (tertiary/aromatic N) is 1. The fourth-order valence-corrected chi connectivity index (χ4v) is 4.92. The number of benzene rings is 2. The number of rotatable bonds is 4. The van der Waals surface area contributed by atoms with E-state index in [-0.39, 0.29) is 10.5 Å². The second kappa shape index (κ2) is 8.59. The number of nitrogens with one attached hydrogen (secondary N) is 1. The van der Waals surface area contributed by atoms with E-state index in [1.807, 2.05) is 0 Å². The topological polar surface area (TPSA) is 66.5 Å². The molecule has 0 aromatic heterocycles. The molecule has 0 atom stereocenters. The number of carbonyl (C=O) groups is 1. The van der Waals surface area contributed by atoms with E-state index in [1.165, 1.54) is 10.4 Å². The number of hydrogen-bond acceptors (Lipinski definition) is 3. The van der Waals surface area contributed by atoms with Crippen molar-refractivity contribution in [1.29, 1.82) is 0 Å². The molecule has 5 nitrogen and oxygen atoms in total. The van der Waals surface area contributed by atoms with E-state index in [0.717, 1.165) is 37.8 Å². The number of amides is 1. The molecule has 1 heterocycles. The van der Waals surface area contributed by atoms with Crippen LogP contribution in [-0.2, 0) is 10.0 Å². The van der Waals surface area contributed by atoms with Gasteiger partial charge in [-0.05, 0) is 55.7 Å². The molecule has 0 bridgehead atoms. The number of anilines is 1. The molecule has 2 aromatic rings. The van der Waals surface area contributed by atoms with Crippen LogP contribution >= 0.6 is 11.6 Å². The third-order valence-corrected chi connectivity index (χ3v) is 7.21. The minimum absolute atomic E-state index is 0.0798. The molecule has 2 aromatic carbocycles. The summed E-state index contributed by atoms with van der Waals surface area (Å²) in [6.07, 6.45) is 3.56. The lowest BCUT2D eigenvalue weighted by Gasteiger charge is -2.20. The van der Waals surface area contributed by atoms with Gasteiger partial charge in [0.05, 0.1) is 10.5 Å². The second-order valence-corrected chi connectivity index (χ2v) is 9.17. The molecule has 8 heteroatoms. The summed E-state index contributed by atoms with van der Waals surface area (Å²) < 4.78 is 41.6. The summed E-state index contributed by atoms with van der Waals surface area (Å²) in [4.78, 5) is 12.5. The van der Waals surface area contributed by atoms with Gasteiger partial charge in [-0.25, -0.2) is 12.8 Å². The Labute approximate surface area is 169 Å². The van der Waals surface area contributed by atoms with Crippen molar-refractivity contribution in [2.75, 3.05) is 18.4 Å². The van der Waals surface area contributed by atoms with Crippen molar-refractivity contribution in [3.63, 3.8) is 0 Å². The fraction of sp³-hybridized carbons (Fsp3) is 0.350. The minimum atomic E-state index is -3.78. The van der Waals surface area contributed by atoms with Gasteiger partial charge in [0.1, 0.15) is 5.82 Å². The van der Waals surface area contributed by atoms with Crippen molar-refractivity contribution in [3.05, 3.63) is 58.4 Å². The first kappa shape index (κ1) is 20.8. The minimum Gasteiger partial charge on any atom is -0.322 e. The first-order chi connectivity index (χ1) is 13.3. The molecule has 28 heavy (non-hydrogen) atoms. The first-order valence-electron chi connectivity index (χ1n) is 9.17. The van der Waals surface area contributed by atoms with Gasteiger partial charge in [-0.1, -0.05) is 30.5 Å². The Morgan fingerprint density at radius 1 is 1.11 bits per heavy atom. The zero-order valence-corrected chi connectivity index (χ0v) is 17.1. The van der Waals surface area contributed by atoms with Crippen LogP contribution in [0.15, 0.2) is 41.3 Å². The van der Waals surface area contributed by atoms with E-state index in [9.17, 15) is 17.6 Å². The van der Waals surface area contributed by atoms with Gasteiger partial charge in [-0.15, -0.1) is 0 Å². The van der Waals surface area contributed by atoms with Crippen LogP contribution in [0.1, 0.15) is 41.6 Å². The Morgan fingerprint density at radius 2 is 1.79 bits per heavy atom.